The van der Waals surface area contributed by atoms with Crippen molar-refractivity contribution in [3.63, 3.8) is 0 Å². The molecule has 1 aliphatic carbocycles. The third kappa shape index (κ3) is 2.08. The highest BCUT2D eigenvalue weighted by molar-refractivity contribution is 4.98. The minimum absolute atomic E-state index is 0.154. The second-order valence-electron chi connectivity index (χ2n) is 4.27. The Morgan fingerprint density at radius 2 is 1.86 bits per heavy atom. The summed E-state index contributed by atoms with van der Waals surface area (Å²) in [6.07, 6.45) is 5.12. The van der Waals surface area contributed by atoms with E-state index in [9.17, 15) is 5.26 Å². The van der Waals surface area contributed by atoms with E-state index < -0.39 is 0 Å². The Hall–Kier alpha value is -0.590. The highest BCUT2D eigenvalue weighted by Gasteiger charge is 2.30. The minimum Gasteiger partial charge on any atom is -0.379 e. The molecular formula is C11H18N2O. The van der Waals surface area contributed by atoms with Gasteiger partial charge in [-0.25, -0.2) is 0 Å². The summed E-state index contributed by atoms with van der Waals surface area (Å²) in [5.41, 5.74) is 0. The monoisotopic (exact) mass is 194 g/mol. The van der Waals surface area contributed by atoms with E-state index in [0.29, 0.717) is 5.92 Å². The number of nitrogens with zero attached hydrogens (tertiary/aromatic N) is 2. The first-order valence-electron chi connectivity index (χ1n) is 5.63. The SMILES string of the molecule is N#CC(C1CCCC1)N1CCOCC1. The van der Waals surface area contributed by atoms with Crippen LogP contribution in [-0.4, -0.2) is 37.2 Å². The minimum atomic E-state index is 0.154. The van der Waals surface area contributed by atoms with Crippen LogP contribution in [0, 0.1) is 17.2 Å². The van der Waals surface area contributed by atoms with Gasteiger partial charge < -0.3 is 4.74 Å². The van der Waals surface area contributed by atoms with E-state index in [2.05, 4.69) is 11.0 Å². The summed E-state index contributed by atoms with van der Waals surface area (Å²) >= 11 is 0. The van der Waals surface area contributed by atoms with E-state index in [1.54, 1.807) is 0 Å². The molecule has 14 heavy (non-hydrogen) atoms. The van der Waals surface area contributed by atoms with Crippen molar-refractivity contribution in [2.24, 2.45) is 5.92 Å². The highest BCUT2D eigenvalue weighted by Crippen LogP contribution is 2.30. The van der Waals surface area contributed by atoms with Gasteiger partial charge in [-0.05, 0) is 18.8 Å². The molecule has 0 radical (unpaired) electrons. The van der Waals surface area contributed by atoms with Gasteiger partial charge in [-0.1, -0.05) is 12.8 Å². The Morgan fingerprint density at radius 3 is 2.43 bits per heavy atom. The predicted octanol–water partition coefficient (Wildman–Crippen LogP) is 1.40. The summed E-state index contributed by atoms with van der Waals surface area (Å²) in [5.74, 6) is 0.623. The van der Waals surface area contributed by atoms with Gasteiger partial charge in [-0.2, -0.15) is 5.26 Å². The van der Waals surface area contributed by atoms with Crippen LogP contribution in [0.3, 0.4) is 0 Å². The zero-order valence-corrected chi connectivity index (χ0v) is 8.61. The van der Waals surface area contributed by atoms with Gasteiger partial charge in [-0.15, -0.1) is 0 Å². The molecule has 0 aromatic carbocycles. The summed E-state index contributed by atoms with van der Waals surface area (Å²) in [5, 5.41) is 9.21. The molecule has 2 rings (SSSR count). The van der Waals surface area contributed by atoms with Gasteiger partial charge in [0, 0.05) is 13.1 Å². The zero-order valence-electron chi connectivity index (χ0n) is 8.61. The maximum atomic E-state index is 9.21. The molecule has 1 atom stereocenters. The summed E-state index contributed by atoms with van der Waals surface area (Å²) in [6.45, 7) is 3.47. The van der Waals surface area contributed by atoms with Crippen molar-refractivity contribution in [2.75, 3.05) is 26.3 Å². The van der Waals surface area contributed by atoms with Crippen molar-refractivity contribution in [1.29, 1.82) is 5.26 Å². The average molecular weight is 194 g/mol. The highest BCUT2D eigenvalue weighted by atomic mass is 16.5. The predicted molar refractivity (Wildman–Crippen MR) is 53.8 cm³/mol. The molecule has 3 nitrogen and oxygen atoms in total. The molecule has 0 spiro atoms. The fourth-order valence-electron chi connectivity index (χ4n) is 2.61. The standard InChI is InChI=1S/C11H18N2O/c12-9-11(10-3-1-2-4-10)13-5-7-14-8-6-13/h10-11H,1-8H2. The van der Waals surface area contributed by atoms with E-state index in [0.717, 1.165) is 26.3 Å². The first-order valence-corrected chi connectivity index (χ1v) is 5.63. The van der Waals surface area contributed by atoms with Crippen LogP contribution in [0.1, 0.15) is 25.7 Å². The van der Waals surface area contributed by atoms with E-state index in [1.807, 2.05) is 0 Å². The lowest BCUT2D eigenvalue weighted by molar-refractivity contribution is 0.0165. The molecule has 0 aromatic heterocycles. The number of hydrogen-bond acceptors (Lipinski definition) is 3. The molecule has 0 amide bonds. The summed E-state index contributed by atoms with van der Waals surface area (Å²) in [7, 11) is 0. The van der Waals surface area contributed by atoms with E-state index in [-0.39, 0.29) is 6.04 Å². The van der Waals surface area contributed by atoms with Gasteiger partial charge >= 0.3 is 0 Å². The second-order valence-corrected chi connectivity index (χ2v) is 4.27. The fourth-order valence-corrected chi connectivity index (χ4v) is 2.61. The lowest BCUT2D eigenvalue weighted by atomic mass is 9.97. The third-order valence-corrected chi connectivity index (χ3v) is 3.42. The first kappa shape index (κ1) is 9.95. The molecule has 2 aliphatic rings. The normalized spacial score (nSPS) is 27.4. The van der Waals surface area contributed by atoms with Crippen LogP contribution >= 0.6 is 0 Å². The van der Waals surface area contributed by atoms with Gasteiger partial charge in [0.2, 0.25) is 0 Å². The molecule has 0 aromatic rings. The molecule has 2 fully saturated rings. The van der Waals surface area contributed by atoms with Crippen molar-refractivity contribution < 1.29 is 4.74 Å². The molecule has 1 saturated heterocycles. The Kier molecular flexibility index (Phi) is 3.39. The Labute approximate surface area is 85.6 Å². The summed E-state index contributed by atoms with van der Waals surface area (Å²) in [6, 6.07) is 2.64. The van der Waals surface area contributed by atoms with Crippen molar-refractivity contribution >= 4 is 0 Å². The van der Waals surface area contributed by atoms with Crippen LogP contribution in [0.2, 0.25) is 0 Å². The van der Waals surface area contributed by atoms with Crippen molar-refractivity contribution in [3.05, 3.63) is 0 Å². The van der Waals surface area contributed by atoms with Crippen LogP contribution in [0.25, 0.3) is 0 Å². The molecule has 1 saturated carbocycles. The smallest absolute Gasteiger partial charge is 0.101 e. The molecule has 78 valence electrons. The zero-order chi connectivity index (χ0) is 9.80. The lowest BCUT2D eigenvalue weighted by Crippen LogP contribution is -2.45. The number of nitriles is 1. The molecule has 0 N–H and O–H groups in total. The Balaban J connectivity index is 1.93. The van der Waals surface area contributed by atoms with E-state index >= 15 is 0 Å². The molecule has 1 unspecified atom stereocenters. The largest absolute Gasteiger partial charge is 0.379 e. The average Bonchev–Trinajstić information content (AvgIpc) is 2.74. The van der Waals surface area contributed by atoms with Crippen LogP contribution in [0.15, 0.2) is 0 Å². The molecular weight excluding hydrogens is 176 g/mol. The maximum Gasteiger partial charge on any atom is 0.101 e. The van der Waals surface area contributed by atoms with Crippen molar-refractivity contribution in [1.82, 2.24) is 4.90 Å². The number of ether oxygens (including phenoxy) is 1. The van der Waals surface area contributed by atoms with Crippen molar-refractivity contribution in [2.45, 2.75) is 31.7 Å². The first-order chi connectivity index (χ1) is 6.92. The molecule has 1 heterocycles. The maximum absolute atomic E-state index is 9.21. The fraction of sp³-hybridized carbons (Fsp3) is 0.909. The van der Waals surface area contributed by atoms with Gasteiger partial charge in [0.15, 0.2) is 0 Å². The second kappa shape index (κ2) is 4.77. The lowest BCUT2D eigenvalue weighted by Gasteiger charge is -2.33. The summed E-state index contributed by atoms with van der Waals surface area (Å²) in [4.78, 5) is 2.31. The van der Waals surface area contributed by atoms with Gasteiger partial charge in [0.25, 0.3) is 0 Å². The number of rotatable bonds is 2. The molecule has 1 aliphatic heterocycles. The van der Waals surface area contributed by atoms with Gasteiger partial charge in [0.1, 0.15) is 6.04 Å². The summed E-state index contributed by atoms with van der Waals surface area (Å²) < 4.78 is 5.31. The van der Waals surface area contributed by atoms with Crippen LogP contribution in [0.5, 0.6) is 0 Å². The van der Waals surface area contributed by atoms with Crippen LogP contribution < -0.4 is 0 Å². The third-order valence-electron chi connectivity index (χ3n) is 3.42. The Morgan fingerprint density at radius 1 is 1.21 bits per heavy atom. The van der Waals surface area contributed by atoms with Gasteiger partial charge in [-0.3, -0.25) is 4.90 Å². The van der Waals surface area contributed by atoms with E-state index in [1.165, 1.54) is 25.7 Å². The number of hydrogen-bond donors (Lipinski definition) is 0. The molecule has 0 bridgehead atoms. The van der Waals surface area contributed by atoms with E-state index in [4.69, 9.17) is 4.74 Å². The topological polar surface area (TPSA) is 36.3 Å². The van der Waals surface area contributed by atoms with Crippen molar-refractivity contribution in [3.8, 4) is 6.07 Å². The van der Waals surface area contributed by atoms with Crippen LogP contribution in [0.4, 0.5) is 0 Å². The Bertz CT molecular complexity index is 212. The number of morpholine rings is 1. The molecule has 3 heteroatoms. The van der Waals surface area contributed by atoms with Gasteiger partial charge in [0.05, 0.1) is 19.3 Å². The van der Waals surface area contributed by atoms with Crippen LogP contribution in [-0.2, 0) is 4.74 Å². The quantitative estimate of drug-likeness (QED) is 0.666.